The number of likely N-dealkylation sites (tertiary alicyclic amines) is 1. The monoisotopic (exact) mass is 290 g/mol. The summed E-state index contributed by atoms with van der Waals surface area (Å²) in [7, 11) is 0. The lowest BCUT2D eigenvalue weighted by Crippen LogP contribution is -2.45. The number of carbonyl (C=O) groups excluding carboxylic acids is 1. The van der Waals surface area contributed by atoms with Gasteiger partial charge in [-0.2, -0.15) is 0 Å². The van der Waals surface area contributed by atoms with E-state index in [-0.39, 0.29) is 5.91 Å². The molecule has 0 radical (unpaired) electrons. The standard InChI is InChI=1S/C16H22N2O3/c1-11-4-5-18(10-13(11)9-17)16(19)12-2-3-14-15(8-12)21-7-6-20-14/h2-3,8,11,13H,4-7,9-10,17H2,1H3. The predicted molar refractivity (Wildman–Crippen MR) is 79.7 cm³/mol. The molecule has 3 rings (SSSR count). The maximum Gasteiger partial charge on any atom is 0.254 e. The highest BCUT2D eigenvalue weighted by molar-refractivity contribution is 5.95. The van der Waals surface area contributed by atoms with Crippen LogP contribution in [0, 0.1) is 11.8 Å². The second-order valence-electron chi connectivity index (χ2n) is 5.87. The number of hydrogen-bond acceptors (Lipinski definition) is 4. The van der Waals surface area contributed by atoms with Gasteiger partial charge in [-0.05, 0) is 43.0 Å². The molecule has 1 amide bonds. The van der Waals surface area contributed by atoms with E-state index in [1.54, 1.807) is 6.07 Å². The zero-order valence-corrected chi connectivity index (χ0v) is 12.4. The maximum atomic E-state index is 12.6. The number of ether oxygens (including phenoxy) is 2. The van der Waals surface area contributed by atoms with E-state index in [2.05, 4.69) is 6.92 Å². The van der Waals surface area contributed by atoms with Crippen molar-refractivity contribution in [3.05, 3.63) is 23.8 Å². The van der Waals surface area contributed by atoms with Gasteiger partial charge in [-0.1, -0.05) is 6.92 Å². The fourth-order valence-corrected chi connectivity index (χ4v) is 3.00. The molecule has 0 aromatic heterocycles. The Morgan fingerprint density at radius 1 is 1.33 bits per heavy atom. The second-order valence-corrected chi connectivity index (χ2v) is 5.87. The topological polar surface area (TPSA) is 64.8 Å². The van der Waals surface area contributed by atoms with Crippen LogP contribution in [-0.2, 0) is 0 Å². The van der Waals surface area contributed by atoms with Crippen molar-refractivity contribution in [1.29, 1.82) is 0 Å². The third-order valence-corrected chi connectivity index (χ3v) is 4.49. The van der Waals surface area contributed by atoms with Crippen molar-refractivity contribution in [2.45, 2.75) is 13.3 Å². The Morgan fingerprint density at radius 2 is 2.10 bits per heavy atom. The largest absolute Gasteiger partial charge is 0.486 e. The van der Waals surface area contributed by atoms with E-state index >= 15 is 0 Å². The van der Waals surface area contributed by atoms with Gasteiger partial charge < -0.3 is 20.1 Å². The molecule has 1 aromatic carbocycles. The van der Waals surface area contributed by atoms with Gasteiger partial charge in [-0.3, -0.25) is 4.79 Å². The van der Waals surface area contributed by atoms with Crippen molar-refractivity contribution in [3.8, 4) is 11.5 Å². The van der Waals surface area contributed by atoms with E-state index in [0.29, 0.717) is 48.7 Å². The summed E-state index contributed by atoms with van der Waals surface area (Å²) in [5, 5.41) is 0. The summed E-state index contributed by atoms with van der Waals surface area (Å²) in [6.45, 7) is 5.47. The molecule has 1 aromatic rings. The predicted octanol–water partition coefficient (Wildman–Crippen LogP) is 1.51. The molecule has 2 aliphatic rings. The first-order chi connectivity index (χ1) is 10.2. The molecule has 0 bridgehead atoms. The number of piperidine rings is 1. The Labute approximate surface area is 125 Å². The Morgan fingerprint density at radius 3 is 2.86 bits per heavy atom. The molecule has 1 saturated heterocycles. The van der Waals surface area contributed by atoms with E-state index in [0.717, 1.165) is 19.5 Å². The highest BCUT2D eigenvalue weighted by atomic mass is 16.6. The normalized spacial score (nSPS) is 24.8. The molecular formula is C16H22N2O3. The second kappa shape index (κ2) is 5.93. The zero-order valence-electron chi connectivity index (χ0n) is 12.4. The number of amides is 1. The van der Waals surface area contributed by atoms with Crippen molar-refractivity contribution in [2.24, 2.45) is 17.6 Å². The molecule has 0 saturated carbocycles. The summed E-state index contributed by atoms with van der Waals surface area (Å²) in [6.07, 6.45) is 1.01. The molecule has 21 heavy (non-hydrogen) atoms. The first-order valence-electron chi connectivity index (χ1n) is 7.58. The number of fused-ring (bicyclic) bond motifs is 1. The first-order valence-corrected chi connectivity index (χ1v) is 7.58. The van der Waals surface area contributed by atoms with Crippen molar-refractivity contribution in [1.82, 2.24) is 4.90 Å². The van der Waals surface area contributed by atoms with Crippen LogP contribution in [0.4, 0.5) is 0 Å². The summed E-state index contributed by atoms with van der Waals surface area (Å²) in [5.74, 6) is 2.40. The Bertz CT molecular complexity index is 532. The summed E-state index contributed by atoms with van der Waals surface area (Å²) in [5.41, 5.74) is 6.47. The van der Waals surface area contributed by atoms with Gasteiger partial charge in [0, 0.05) is 18.7 Å². The van der Waals surface area contributed by atoms with Gasteiger partial charge in [-0.15, -0.1) is 0 Å². The molecule has 1 fully saturated rings. The van der Waals surface area contributed by atoms with E-state index < -0.39 is 0 Å². The Hall–Kier alpha value is -1.75. The summed E-state index contributed by atoms with van der Waals surface area (Å²) in [4.78, 5) is 14.5. The van der Waals surface area contributed by atoms with Crippen molar-refractivity contribution >= 4 is 5.91 Å². The van der Waals surface area contributed by atoms with Gasteiger partial charge in [-0.25, -0.2) is 0 Å². The minimum Gasteiger partial charge on any atom is -0.486 e. The fraction of sp³-hybridized carbons (Fsp3) is 0.562. The molecule has 2 heterocycles. The quantitative estimate of drug-likeness (QED) is 0.897. The van der Waals surface area contributed by atoms with Crippen LogP contribution in [0.25, 0.3) is 0 Å². The van der Waals surface area contributed by atoms with Gasteiger partial charge in [0.05, 0.1) is 0 Å². The number of hydrogen-bond donors (Lipinski definition) is 1. The van der Waals surface area contributed by atoms with E-state index in [4.69, 9.17) is 15.2 Å². The summed E-state index contributed by atoms with van der Waals surface area (Å²) in [6, 6.07) is 5.41. The number of benzene rings is 1. The molecule has 5 heteroatoms. The average molecular weight is 290 g/mol. The van der Waals surface area contributed by atoms with Crippen LogP contribution >= 0.6 is 0 Å². The van der Waals surface area contributed by atoms with E-state index in [1.165, 1.54) is 0 Å². The van der Waals surface area contributed by atoms with Crippen LogP contribution in [0.2, 0.25) is 0 Å². The zero-order chi connectivity index (χ0) is 14.8. The third kappa shape index (κ3) is 2.83. The van der Waals surface area contributed by atoms with Crippen molar-refractivity contribution < 1.29 is 14.3 Å². The molecule has 2 N–H and O–H groups in total. The average Bonchev–Trinajstić information content (AvgIpc) is 2.54. The maximum absolute atomic E-state index is 12.6. The van der Waals surface area contributed by atoms with Gasteiger partial charge in [0.1, 0.15) is 13.2 Å². The van der Waals surface area contributed by atoms with Crippen molar-refractivity contribution in [3.63, 3.8) is 0 Å². The molecule has 2 aliphatic heterocycles. The molecular weight excluding hydrogens is 268 g/mol. The molecule has 0 spiro atoms. The molecule has 0 aliphatic carbocycles. The number of nitrogens with two attached hydrogens (primary N) is 1. The van der Waals surface area contributed by atoms with Crippen LogP contribution in [0.1, 0.15) is 23.7 Å². The van der Waals surface area contributed by atoms with E-state index in [1.807, 2.05) is 17.0 Å². The smallest absolute Gasteiger partial charge is 0.254 e. The summed E-state index contributed by atoms with van der Waals surface area (Å²) < 4.78 is 11.0. The lowest BCUT2D eigenvalue weighted by atomic mass is 9.87. The molecule has 2 atom stereocenters. The van der Waals surface area contributed by atoms with Crippen molar-refractivity contribution in [2.75, 3.05) is 32.8 Å². The van der Waals surface area contributed by atoms with Crippen LogP contribution in [0.15, 0.2) is 18.2 Å². The lowest BCUT2D eigenvalue weighted by molar-refractivity contribution is 0.0617. The fourth-order valence-electron chi connectivity index (χ4n) is 3.00. The van der Waals surface area contributed by atoms with Gasteiger partial charge in [0.25, 0.3) is 5.91 Å². The number of rotatable bonds is 2. The minimum atomic E-state index is 0.0531. The van der Waals surface area contributed by atoms with Gasteiger partial charge in [0.15, 0.2) is 11.5 Å². The number of nitrogens with zero attached hydrogens (tertiary/aromatic N) is 1. The highest BCUT2D eigenvalue weighted by Gasteiger charge is 2.29. The van der Waals surface area contributed by atoms with Crippen LogP contribution in [-0.4, -0.2) is 43.7 Å². The first kappa shape index (κ1) is 14.2. The van der Waals surface area contributed by atoms with Crippen LogP contribution in [0.3, 0.4) is 0 Å². The van der Waals surface area contributed by atoms with Gasteiger partial charge in [0.2, 0.25) is 0 Å². The van der Waals surface area contributed by atoms with Gasteiger partial charge >= 0.3 is 0 Å². The Kier molecular flexibility index (Phi) is 4.01. The van der Waals surface area contributed by atoms with Crippen LogP contribution < -0.4 is 15.2 Å². The molecule has 114 valence electrons. The molecule has 2 unspecified atom stereocenters. The SMILES string of the molecule is CC1CCN(C(=O)c2ccc3c(c2)OCCO3)CC1CN. The highest BCUT2D eigenvalue weighted by Crippen LogP contribution is 2.32. The lowest BCUT2D eigenvalue weighted by Gasteiger charge is -2.36. The third-order valence-electron chi connectivity index (χ3n) is 4.49. The van der Waals surface area contributed by atoms with E-state index in [9.17, 15) is 4.79 Å². The summed E-state index contributed by atoms with van der Waals surface area (Å²) >= 11 is 0. The van der Waals surface area contributed by atoms with Crippen LogP contribution in [0.5, 0.6) is 11.5 Å². The minimum absolute atomic E-state index is 0.0531. The number of carbonyl (C=O) groups is 1. The molecule has 5 nitrogen and oxygen atoms in total. The Balaban J connectivity index is 1.76.